The highest BCUT2D eigenvalue weighted by molar-refractivity contribution is 6.00. The predicted octanol–water partition coefficient (Wildman–Crippen LogP) is 5.47. The van der Waals surface area contributed by atoms with Gasteiger partial charge in [0, 0.05) is 35.7 Å². The van der Waals surface area contributed by atoms with Gasteiger partial charge in [-0.25, -0.2) is 9.18 Å². The van der Waals surface area contributed by atoms with Crippen molar-refractivity contribution < 1.29 is 9.18 Å². The number of carbonyl (C=O) groups excluding carboxylic acids is 1. The van der Waals surface area contributed by atoms with Gasteiger partial charge < -0.3 is 21.3 Å². The van der Waals surface area contributed by atoms with E-state index in [1.54, 1.807) is 25.1 Å². The Bertz CT molecular complexity index is 1250. The number of H-pyrrole nitrogens is 1. The third kappa shape index (κ3) is 5.79. The number of anilines is 3. The Hall–Kier alpha value is -4.17. The third-order valence-corrected chi connectivity index (χ3v) is 5.36. The Kier molecular flexibility index (Phi) is 7.19. The zero-order chi connectivity index (χ0) is 23.9. The van der Waals surface area contributed by atoms with Crippen LogP contribution in [0.2, 0.25) is 0 Å². The van der Waals surface area contributed by atoms with Gasteiger partial charge in [0.15, 0.2) is 0 Å². The van der Waals surface area contributed by atoms with Gasteiger partial charge in [-0.05, 0) is 67.6 Å². The van der Waals surface area contributed by atoms with Crippen molar-refractivity contribution in [1.29, 1.82) is 0 Å². The number of amides is 2. The van der Waals surface area contributed by atoms with E-state index in [2.05, 4.69) is 31.5 Å². The first kappa shape index (κ1) is 23.0. The number of halogens is 1. The number of benzene rings is 3. The van der Waals surface area contributed by atoms with Crippen LogP contribution in [0.3, 0.4) is 0 Å². The van der Waals surface area contributed by atoms with Crippen molar-refractivity contribution in [2.45, 2.75) is 6.92 Å². The van der Waals surface area contributed by atoms with E-state index in [1.807, 2.05) is 49.5 Å². The van der Waals surface area contributed by atoms with Crippen molar-refractivity contribution in [2.24, 2.45) is 0 Å². The number of likely N-dealkylation sites (N-methyl/N-ethyl adjacent to an activating group) is 1. The molecular formula is C26H27FN6O. The van der Waals surface area contributed by atoms with Crippen molar-refractivity contribution in [3.05, 3.63) is 84.2 Å². The first-order chi connectivity index (χ1) is 16.5. The molecule has 5 N–H and O–H groups in total. The molecule has 0 unspecified atom stereocenters. The predicted molar refractivity (Wildman–Crippen MR) is 136 cm³/mol. The lowest BCUT2D eigenvalue weighted by molar-refractivity contribution is 0.262. The van der Waals surface area contributed by atoms with Crippen LogP contribution in [-0.4, -0.2) is 36.4 Å². The van der Waals surface area contributed by atoms with Crippen LogP contribution in [0.1, 0.15) is 5.56 Å². The minimum Gasteiger partial charge on any atom is -0.384 e. The highest BCUT2D eigenvalue weighted by atomic mass is 19.1. The monoisotopic (exact) mass is 458 g/mol. The van der Waals surface area contributed by atoms with Crippen LogP contribution in [0.25, 0.3) is 22.5 Å². The van der Waals surface area contributed by atoms with Gasteiger partial charge >= 0.3 is 6.03 Å². The van der Waals surface area contributed by atoms with Gasteiger partial charge in [-0.2, -0.15) is 5.10 Å². The fourth-order valence-electron chi connectivity index (χ4n) is 3.45. The number of nitrogens with zero attached hydrogens (tertiary/aromatic N) is 1. The van der Waals surface area contributed by atoms with E-state index >= 15 is 0 Å². The molecule has 0 saturated carbocycles. The van der Waals surface area contributed by atoms with Gasteiger partial charge in [0.2, 0.25) is 0 Å². The van der Waals surface area contributed by atoms with Crippen molar-refractivity contribution in [3.8, 4) is 22.5 Å². The summed E-state index contributed by atoms with van der Waals surface area (Å²) in [6.07, 6.45) is 0. The van der Waals surface area contributed by atoms with Crippen LogP contribution in [0, 0.1) is 12.7 Å². The average molecular weight is 459 g/mol. The van der Waals surface area contributed by atoms with E-state index in [-0.39, 0.29) is 0 Å². The Morgan fingerprint density at radius 3 is 2.32 bits per heavy atom. The molecule has 0 radical (unpaired) electrons. The first-order valence-electron chi connectivity index (χ1n) is 11.0. The molecule has 2 amide bonds. The van der Waals surface area contributed by atoms with Gasteiger partial charge in [0.05, 0.1) is 11.4 Å². The standard InChI is InChI=1S/C26H27FN6O/c1-17-3-8-20(27)15-23(17)31-26(34)30-22-11-6-19(7-12-22)25-16-24(32-33-25)18-4-9-21(10-5-18)29-14-13-28-2/h3-12,15-16,28-29H,13-14H2,1-2H3,(H,32,33)(H2,30,31,34). The van der Waals surface area contributed by atoms with Crippen molar-refractivity contribution in [2.75, 3.05) is 36.1 Å². The van der Waals surface area contributed by atoms with Gasteiger partial charge in [-0.3, -0.25) is 5.10 Å². The van der Waals surface area contributed by atoms with E-state index in [1.165, 1.54) is 12.1 Å². The maximum atomic E-state index is 13.4. The summed E-state index contributed by atoms with van der Waals surface area (Å²) >= 11 is 0. The van der Waals surface area contributed by atoms with Crippen molar-refractivity contribution in [1.82, 2.24) is 15.5 Å². The molecule has 3 aromatic carbocycles. The van der Waals surface area contributed by atoms with Gasteiger partial charge in [0.25, 0.3) is 0 Å². The smallest absolute Gasteiger partial charge is 0.323 e. The molecule has 0 bridgehead atoms. The zero-order valence-corrected chi connectivity index (χ0v) is 19.1. The number of nitrogens with one attached hydrogen (secondary N) is 5. The Labute approximate surface area is 197 Å². The van der Waals surface area contributed by atoms with Gasteiger partial charge in [0.1, 0.15) is 5.82 Å². The fourth-order valence-corrected chi connectivity index (χ4v) is 3.45. The van der Waals surface area contributed by atoms with Gasteiger partial charge in [-0.1, -0.05) is 30.3 Å². The number of rotatable bonds is 8. The average Bonchev–Trinajstić information content (AvgIpc) is 3.33. The quantitative estimate of drug-likeness (QED) is 0.227. The third-order valence-electron chi connectivity index (χ3n) is 5.36. The molecule has 0 atom stereocenters. The molecule has 8 heteroatoms. The second-order valence-electron chi connectivity index (χ2n) is 7.89. The number of hydrogen-bond donors (Lipinski definition) is 5. The normalized spacial score (nSPS) is 10.7. The second kappa shape index (κ2) is 10.6. The zero-order valence-electron chi connectivity index (χ0n) is 19.1. The van der Waals surface area contributed by atoms with Crippen LogP contribution in [0.4, 0.5) is 26.2 Å². The molecule has 0 aliphatic rings. The molecular weight excluding hydrogens is 431 g/mol. The summed E-state index contributed by atoms with van der Waals surface area (Å²) in [5, 5.41) is 19.4. The molecule has 0 saturated heterocycles. The summed E-state index contributed by atoms with van der Waals surface area (Å²) in [6.45, 7) is 3.56. The number of aromatic nitrogens is 2. The molecule has 0 aliphatic carbocycles. The van der Waals surface area contributed by atoms with E-state index < -0.39 is 11.8 Å². The molecule has 1 aromatic heterocycles. The second-order valence-corrected chi connectivity index (χ2v) is 7.89. The van der Waals surface area contributed by atoms with Crippen LogP contribution in [-0.2, 0) is 0 Å². The molecule has 0 spiro atoms. The lowest BCUT2D eigenvalue weighted by Gasteiger charge is -2.10. The minimum absolute atomic E-state index is 0.402. The largest absolute Gasteiger partial charge is 0.384 e. The van der Waals surface area contributed by atoms with Gasteiger partial charge in [-0.15, -0.1) is 0 Å². The van der Waals surface area contributed by atoms with Crippen LogP contribution in [0.15, 0.2) is 72.8 Å². The molecule has 0 fully saturated rings. The summed E-state index contributed by atoms with van der Waals surface area (Å²) < 4.78 is 13.4. The highest BCUT2D eigenvalue weighted by Crippen LogP contribution is 2.26. The minimum atomic E-state index is -0.436. The van der Waals surface area contributed by atoms with E-state index in [4.69, 9.17) is 0 Å². The molecule has 7 nitrogen and oxygen atoms in total. The molecule has 4 rings (SSSR count). The Morgan fingerprint density at radius 2 is 1.59 bits per heavy atom. The molecule has 4 aromatic rings. The molecule has 1 heterocycles. The van der Waals surface area contributed by atoms with Crippen LogP contribution < -0.4 is 21.3 Å². The van der Waals surface area contributed by atoms with E-state index in [9.17, 15) is 9.18 Å². The summed E-state index contributed by atoms with van der Waals surface area (Å²) in [4.78, 5) is 12.3. The number of aromatic amines is 1. The molecule has 0 aliphatic heterocycles. The summed E-state index contributed by atoms with van der Waals surface area (Å²) in [7, 11) is 1.93. The first-order valence-corrected chi connectivity index (χ1v) is 11.0. The number of carbonyl (C=O) groups is 1. The molecule has 34 heavy (non-hydrogen) atoms. The van der Waals surface area contributed by atoms with Crippen molar-refractivity contribution in [3.63, 3.8) is 0 Å². The fraction of sp³-hybridized carbons (Fsp3) is 0.154. The SMILES string of the molecule is CNCCNc1ccc(-c2cc(-c3ccc(NC(=O)Nc4cc(F)ccc4C)cc3)[nH]n2)cc1. The highest BCUT2D eigenvalue weighted by Gasteiger charge is 2.09. The van der Waals surface area contributed by atoms with E-state index in [0.29, 0.717) is 11.4 Å². The number of aryl methyl sites for hydroxylation is 1. The maximum absolute atomic E-state index is 13.4. The Balaban J connectivity index is 1.38. The maximum Gasteiger partial charge on any atom is 0.323 e. The summed E-state index contributed by atoms with van der Waals surface area (Å²) in [5.41, 5.74) is 6.58. The Morgan fingerprint density at radius 1 is 0.882 bits per heavy atom. The lowest BCUT2D eigenvalue weighted by Crippen LogP contribution is -2.20. The van der Waals surface area contributed by atoms with Crippen molar-refractivity contribution >= 4 is 23.1 Å². The summed E-state index contributed by atoms with van der Waals surface area (Å²) in [5.74, 6) is -0.402. The molecule has 174 valence electrons. The topological polar surface area (TPSA) is 93.9 Å². The van der Waals surface area contributed by atoms with Crippen LogP contribution in [0.5, 0.6) is 0 Å². The van der Waals surface area contributed by atoms with E-state index in [0.717, 1.165) is 46.9 Å². The summed E-state index contributed by atoms with van der Waals surface area (Å²) in [6, 6.07) is 21.4. The number of hydrogen-bond acceptors (Lipinski definition) is 4. The van der Waals surface area contributed by atoms with Crippen LogP contribution >= 0.6 is 0 Å². The lowest BCUT2D eigenvalue weighted by atomic mass is 10.1. The number of urea groups is 1.